The molecule has 1 unspecified atom stereocenters. The van der Waals surface area contributed by atoms with E-state index in [0.717, 1.165) is 52.8 Å². The van der Waals surface area contributed by atoms with Crippen molar-refractivity contribution in [2.45, 2.75) is 47.6 Å². The Kier molecular flexibility index (Phi) is 8.75. The Morgan fingerprint density at radius 3 is 1.88 bits per heavy atom. The summed E-state index contributed by atoms with van der Waals surface area (Å²) in [6.45, 7) is 4.81. The Balaban J connectivity index is 2.36. The Morgan fingerprint density at radius 2 is 1.44 bits per heavy atom. The van der Waals surface area contributed by atoms with Gasteiger partial charge in [0, 0.05) is 30.1 Å². The van der Waals surface area contributed by atoms with Crippen LogP contribution in [0.2, 0.25) is 0 Å². The van der Waals surface area contributed by atoms with E-state index in [2.05, 4.69) is 10.0 Å². The van der Waals surface area contributed by atoms with Gasteiger partial charge in [-0.25, -0.2) is 16.8 Å². The van der Waals surface area contributed by atoms with E-state index in [-0.39, 0.29) is 39.4 Å². The number of aliphatic hydroxyl groups is 1. The van der Waals surface area contributed by atoms with Gasteiger partial charge in [0.15, 0.2) is 0 Å². The average Bonchev–Trinajstić information content (AvgIpc) is 2.78. The van der Waals surface area contributed by atoms with Crippen LogP contribution in [-0.2, 0) is 19.9 Å². The highest BCUT2D eigenvalue weighted by atomic mass is 32.2. The minimum absolute atomic E-state index is 0.0746. The van der Waals surface area contributed by atoms with Gasteiger partial charge in [-0.2, -0.15) is 4.31 Å². The molecule has 0 aliphatic heterocycles. The second-order valence-corrected chi connectivity index (χ2v) is 11.8. The minimum Gasteiger partial charge on any atom is -0.391 e. The van der Waals surface area contributed by atoms with Crippen molar-refractivity contribution in [1.29, 1.82) is 0 Å². The number of nitro groups is 1. The lowest BCUT2D eigenvalue weighted by Crippen LogP contribution is -2.42. The predicted molar refractivity (Wildman–Crippen MR) is 123 cm³/mol. The molecule has 184 valence electrons. The standard InChI is InChI=1S/C20H25N5O7S2/c1-14(2)12-24(13-20(26)15(3)22-23-21)34(31,32)19-10-8-18(9-11-19)33(29,30)17-6-4-16(5-7-17)25(27)28/h4-11,14-15,20,26H,12-13H2,1-3H3/t15-,20?/m0/s1. The van der Waals surface area contributed by atoms with Crippen LogP contribution in [0.25, 0.3) is 10.4 Å². The first-order chi connectivity index (χ1) is 15.8. The Labute approximate surface area is 197 Å². The van der Waals surface area contributed by atoms with E-state index in [1.165, 1.54) is 6.92 Å². The molecule has 2 aromatic carbocycles. The van der Waals surface area contributed by atoms with Gasteiger partial charge in [0.25, 0.3) is 5.69 Å². The summed E-state index contributed by atoms with van der Waals surface area (Å²) in [7, 11) is -8.15. The van der Waals surface area contributed by atoms with Crippen molar-refractivity contribution in [2.24, 2.45) is 11.0 Å². The lowest BCUT2D eigenvalue weighted by Gasteiger charge is -2.27. The molecule has 0 saturated heterocycles. The monoisotopic (exact) mass is 511 g/mol. The summed E-state index contributed by atoms with van der Waals surface area (Å²) in [5.74, 6) is -0.0847. The second-order valence-electron chi connectivity index (χ2n) is 7.95. The van der Waals surface area contributed by atoms with Crippen LogP contribution in [0, 0.1) is 16.0 Å². The summed E-state index contributed by atoms with van der Waals surface area (Å²) in [5.41, 5.74) is 8.29. The number of hydrogen-bond donors (Lipinski definition) is 1. The number of sulfone groups is 1. The van der Waals surface area contributed by atoms with Crippen molar-refractivity contribution in [3.05, 3.63) is 69.1 Å². The molecule has 0 aliphatic carbocycles. The Morgan fingerprint density at radius 1 is 0.971 bits per heavy atom. The molecule has 2 aromatic rings. The molecule has 0 spiro atoms. The van der Waals surface area contributed by atoms with E-state index < -0.39 is 36.9 Å². The summed E-state index contributed by atoms with van der Waals surface area (Å²) < 4.78 is 53.2. The molecule has 0 aromatic heterocycles. The number of azide groups is 1. The van der Waals surface area contributed by atoms with Gasteiger partial charge in [0.1, 0.15) is 0 Å². The third-order valence-electron chi connectivity index (χ3n) is 4.88. The van der Waals surface area contributed by atoms with Crippen LogP contribution >= 0.6 is 0 Å². The normalized spacial score (nSPS) is 13.9. The zero-order chi connectivity index (χ0) is 25.7. The SMILES string of the molecule is CC(C)CN(CC(O)[C@H](C)N=[N+]=[N-])S(=O)(=O)c1ccc(S(=O)(=O)c2ccc([N+](=O)[O-])cc2)cc1. The van der Waals surface area contributed by atoms with Crippen molar-refractivity contribution in [3.8, 4) is 0 Å². The van der Waals surface area contributed by atoms with Crippen LogP contribution in [0.5, 0.6) is 0 Å². The molecular weight excluding hydrogens is 486 g/mol. The van der Waals surface area contributed by atoms with Crippen LogP contribution < -0.4 is 0 Å². The molecule has 2 rings (SSSR count). The van der Waals surface area contributed by atoms with Gasteiger partial charge in [-0.1, -0.05) is 25.9 Å². The van der Waals surface area contributed by atoms with E-state index in [9.17, 15) is 32.1 Å². The molecule has 0 fully saturated rings. The van der Waals surface area contributed by atoms with Gasteiger partial charge in [-0.05, 0) is 47.8 Å². The molecule has 2 atom stereocenters. The van der Waals surface area contributed by atoms with Gasteiger partial charge in [0.2, 0.25) is 19.9 Å². The lowest BCUT2D eigenvalue weighted by atomic mass is 10.2. The predicted octanol–water partition coefficient (Wildman–Crippen LogP) is 3.13. The summed E-state index contributed by atoms with van der Waals surface area (Å²) in [5, 5.41) is 24.5. The zero-order valence-electron chi connectivity index (χ0n) is 18.7. The molecule has 0 heterocycles. The number of aliphatic hydroxyl groups excluding tert-OH is 1. The minimum atomic E-state index is -4.11. The molecule has 0 saturated carbocycles. The summed E-state index contributed by atoms with van der Waals surface area (Å²) in [6.07, 6.45) is -1.24. The Hall–Kier alpha value is -3.03. The first kappa shape index (κ1) is 27.2. The zero-order valence-corrected chi connectivity index (χ0v) is 20.3. The number of hydrogen-bond acceptors (Lipinski definition) is 8. The number of sulfonamides is 1. The highest BCUT2D eigenvalue weighted by Gasteiger charge is 2.29. The summed E-state index contributed by atoms with van der Waals surface area (Å²) in [4.78, 5) is 12.2. The van der Waals surface area contributed by atoms with Crippen LogP contribution in [0.4, 0.5) is 5.69 Å². The molecule has 0 bridgehead atoms. The van der Waals surface area contributed by atoms with Crippen LogP contribution in [0.1, 0.15) is 20.8 Å². The summed E-state index contributed by atoms with van der Waals surface area (Å²) in [6, 6.07) is 8.05. The second kappa shape index (κ2) is 10.9. The third-order valence-corrected chi connectivity index (χ3v) is 8.51. The average molecular weight is 512 g/mol. The molecule has 1 N–H and O–H groups in total. The van der Waals surface area contributed by atoms with E-state index in [4.69, 9.17) is 5.53 Å². The largest absolute Gasteiger partial charge is 0.391 e. The van der Waals surface area contributed by atoms with Gasteiger partial charge >= 0.3 is 0 Å². The number of non-ortho nitro benzene ring substituents is 1. The first-order valence-electron chi connectivity index (χ1n) is 10.1. The number of nitro benzene ring substituents is 1. The van der Waals surface area contributed by atoms with Crippen molar-refractivity contribution in [1.82, 2.24) is 4.31 Å². The van der Waals surface area contributed by atoms with Crippen LogP contribution in [0.15, 0.2) is 68.3 Å². The number of nitrogens with zero attached hydrogens (tertiary/aromatic N) is 5. The van der Waals surface area contributed by atoms with Crippen molar-refractivity contribution in [3.63, 3.8) is 0 Å². The quantitative estimate of drug-likeness (QED) is 0.158. The maximum atomic E-state index is 13.2. The van der Waals surface area contributed by atoms with Crippen LogP contribution in [-0.4, -0.2) is 56.4 Å². The van der Waals surface area contributed by atoms with Gasteiger partial charge < -0.3 is 5.11 Å². The fourth-order valence-corrected chi connectivity index (χ4v) is 5.90. The Bertz CT molecular complexity index is 1270. The number of rotatable bonds is 11. The van der Waals surface area contributed by atoms with E-state index in [1.807, 2.05) is 0 Å². The van der Waals surface area contributed by atoms with E-state index in [1.54, 1.807) is 13.8 Å². The number of benzene rings is 2. The smallest absolute Gasteiger partial charge is 0.269 e. The third kappa shape index (κ3) is 6.30. The molecule has 0 radical (unpaired) electrons. The molecule has 14 heteroatoms. The molecule has 12 nitrogen and oxygen atoms in total. The van der Waals surface area contributed by atoms with Crippen molar-refractivity contribution in [2.75, 3.05) is 13.1 Å². The van der Waals surface area contributed by atoms with Gasteiger partial charge in [0.05, 0.1) is 31.8 Å². The van der Waals surface area contributed by atoms with Crippen LogP contribution in [0.3, 0.4) is 0 Å². The molecular formula is C20H25N5O7S2. The fraction of sp³-hybridized carbons (Fsp3) is 0.400. The topological polar surface area (TPSA) is 184 Å². The fourth-order valence-electron chi connectivity index (χ4n) is 3.02. The highest BCUT2D eigenvalue weighted by Crippen LogP contribution is 2.26. The summed E-state index contributed by atoms with van der Waals surface area (Å²) >= 11 is 0. The molecule has 34 heavy (non-hydrogen) atoms. The first-order valence-corrected chi connectivity index (χ1v) is 13.0. The molecule has 0 aliphatic rings. The molecule has 0 amide bonds. The highest BCUT2D eigenvalue weighted by molar-refractivity contribution is 7.91. The van der Waals surface area contributed by atoms with Gasteiger partial charge in [-0.15, -0.1) is 0 Å². The van der Waals surface area contributed by atoms with Crippen molar-refractivity contribution >= 4 is 25.5 Å². The van der Waals surface area contributed by atoms with E-state index in [0.29, 0.717) is 0 Å². The van der Waals surface area contributed by atoms with E-state index >= 15 is 0 Å². The maximum Gasteiger partial charge on any atom is 0.269 e. The van der Waals surface area contributed by atoms with Crippen molar-refractivity contribution < 1.29 is 26.9 Å². The maximum absolute atomic E-state index is 13.2. The lowest BCUT2D eigenvalue weighted by molar-refractivity contribution is -0.384. The van der Waals surface area contributed by atoms with Gasteiger partial charge in [-0.3, -0.25) is 10.1 Å².